The molecule has 0 aromatic heterocycles. The van der Waals surface area contributed by atoms with Crippen LogP contribution in [0.5, 0.6) is 5.75 Å². The number of benzene rings is 3. The van der Waals surface area contributed by atoms with Crippen LogP contribution in [-0.4, -0.2) is 42.2 Å². The van der Waals surface area contributed by atoms with Crippen LogP contribution >= 0.6 is 0 Å². The summed E-state index contributed by atoms with van der Waals surface area (Å²) in [5.41, 5.74) is 2.37. The molecular formula is C27H30N2O4. The molecule has 0 N–H and O–H groups in total. The highest BCUT2D eigenvalue weighted by atomic mass is 16.6. The minimum absolute atomic E-state index is 0.0156. The van der Waals surface area contributed by atoms with E-state index in [4.69, 9.17) is 9.47 Å². The summed E-state index contributed by atoms with van der Waals surface area (Å²) in [7, 11) is 0. The number of hydrogen-bond donors (Lipinski definition) is 0. The van der Waals surface area contributed by atoms with Gasteiger partial charge in [-0.1, -0.05) is 72.8 Å². The molecule has 6 heteroatoms. The van der Waals surface area contributed by atoms with E-state index in [2.05, 4.69) is 53.4 Å². The first-order chi connectivity index (χ1) is 16.2. The minimum atomic E-state index is -0.405. The van der Waals surface area contributed by atoms with Crippen LogP contribution in [0, 0.1) is 10.1 Å². The first-order valence-corrected chi connectivity index (χ1v) is 11.5. The summed E-state index contributed by atoms with van der Waals surface area (Å²) in [4.78, 5) is 13.1. The molecule has 4 rings (SSSR count). The molecule has 0 amide bonds. The Hall–Kier alpha value is -3.22. The zero-order valence-corrected chi connectivity index (χ0v) is 18.7. The van der Waals surface area contributed by atoms with Gasteiger partial charge in [-0.05, 0) is 36.5 Å². The molecule has 1 heterocycles. The largest absolute Gasteiger partial charge is 0.487 e. The van der Waals surface area contributed by atoms with Crippen molar-refractivity contribution in [1.82, 2.24) is 4.90 Å². The molecule has 1 aliphatic rings. The van der Waals surface area contributed by atoms with E-state index in [1.165, 1.54) is 17.2 Å². The highest BCUT2D eigenvalue weighted by Gasteiger charge is 2.24. The van der Waals surface area contributed by atoms with Crippen molar-refractivity contribution >= 4 is 5.69 Å². The van der Waals surface area contributed by atoms with Gasteiger partial charge in [-0.3, -0.25) is 10.1 Å². The Morgan fingerprint density at radius 1 is 0.879 bits per heavy atom. The molecule has 1 aliphatic heterocycles. The molecule has 0 bridgehead atoms. The Labute approximate surface area is 194 Å². The first kappa shape index (κ1) is 23.0. The molecule has 6 nitrogen and oxygen atoms in total. The number of para-hydroxylation sites is 2. The monoisotopic (exact) mass is 446 g/mol. The van der Waals surface area contributed by atoms with Crippen LogP contribution in [0.15, 0.2) is 84.9 Å². The number of ether oxygens (including phenoxy) is 2. The molecule has 0 unspecified atom stereocenters. The zero-order chi connectivity index (χ0) is 22.9. The summed E-state index contributed by atoms with van der Waals surface area (Å²) in [5.74, 6) is 0.336. The summed E-state index contributed by atoms with van der Waals surface area (Å²) < 4.78 is 12.3. The van der Waals surface area contributed by atoms with Gasteiger partial charge in [-0.2, -0.15) is 0 Å². The molecule has 1 fully saturated rings. The second-order valence-corrected chi connectivity index (χ2v) is 8.31. The van der Waals surface area contributed by atoms with Crippen LogP contribution in [0.25, 0.3) is 0 Å². The van der Waals surface area contributed by atoms with Gasteiger partial charge < -0.3 is 14.4 Å². The van der Waals surface area contributed by atoms with Gasteiger partial charge in [0, 0.05) is 25.7 Å². The number of nitro benzene ring substituents is 1. The van der Waals surface area contributed by atoms with E-state index in [0.717, 1.165) is 38.9 Å². The second kappa shape index (κ2) is 11.6. The van der Waals surface area contributed by atoms with Crippen molar-refractivity contribution in [2.24, 2.45) is 0 Å². The lowest BCUT2D eigenvalue weighted by Crippen LogP contribution is -2.38. The quantitative estimate of drug-likeness (QED) is 0.229. The number of nitro groups is 1. The maximum absolute atomic E-state index is 11.1. The average Bonchev–Trinajstić information content (AvgIpc) is 2.87. The molecule has 33 heavy (non-hydrogen) atoms. The van der Waals surface area contributed by atoms with Crippen molar-refractivity contribution < 1.29 is 14.4 Å². The normalized spacial score (nSPS) is 14.9. The maximum Gasteiger partial charge on any atom is 0.310 e. The number of hydrogen-bond acceptors (Lipinski definition) is 5. The smallest absolute Gasteiger partial charge is 0.310 e. The van der Waals surface area contributed by atoms with Crippen molar-refractivity contribution in [2.75, 3.05) is 26.2 Å². The van der Waals surface area contributed by atoms with Gasteiger partial charge in [0.05, 0.1) is 17.6 Å². The van der Waals surface area contributed by atoms with Gasteiger partial charge in [0.25, 0.3) is 0 Å². The van der Waals surface area contributed by atoms with E-state index in [9.17, 15) is 10.1 Å². The van der Waals surface area contributed by atoms with E-state index < -0.39 is 4.92 Å². The lowest BCUT2D eigenvalue weighted by molar-refractivity contribution is -0.385. The molecule has 3 aromatic rings. The first-order valence-electron chi connectivity index (χ1n) is 11.5. The maximum atomic E-state index is 11.1. The van der Waals surface area contributed by atoms with Gasteiger partial charge in [-0.15, -0.1) is 0 Å². The summed E-state index contributed by atoms with van der Waals surface area (Å²) >= 11 is 0. The molecule has 0 radical (unpaired) electrons. The van der Waals surface area contributed by atoms with Crippen molar-refractivity contribution in [3.63, 3.8) is 0 Å². The topological polar surface area (TPSA) is 64.8 Å². The standard InChI is InChI=1S/C27H30N2O4/c30-29(31)25-14-7-8-15-26(25)32-21-9-18-28-19-16-24(17-20-28)33-27(22-10-3-1-4-11-22)23-12-5-2-6-13-23/h1-8,10-15,24,27H,9,16-21H2. The van der Waals surface area contributed by atoms with Gasteiger partial charge in [0.2, 0.25) is 0 Å². The number of rotatable bonds is 10. The van der Waals surface area contributed by atoms with E-state index in [1.807, 2.05) is 12.1 Å². The molecule has 0 aliphatic carbocycles. The third kappa shape index (κ3) is 6.40. The van der Waals surface area contributed by atoms with E-state index in [0.29, 0.717) is 12.4 Å². The van der Waals surface area contributed by atoms with Crippen LogP contribution in [0.4, 0.5) is 5.69 Å². The van der Waals surface area contributed by atoms with Gasteiger partial charge in [0.15, 0.2) is 5.75 Å². The summed E-state index contributed by atoms with van der Waals surface area (Å²) in [6.45, 7) is 3.33. The van der Waals surface area contributed by atoms with E-state index in [-0.39, 0.29) is 17.9 Å². The minimum Gasteiger partial charge on any atom is -0.487 e. The van der Waals surface area contributed by atoms with Crippen LogP contribution in [0.3, 0.4) is 0 Å². The Kier molecular flexibility index (Phi) is 8.06. The van der Waals surface area contributed by atoms with Crippen LogP contribution < -0.4 is 4.74 Å². The number of likely N-dealkylation sites (tertiary alicyclic amines) is 1. The lowest BCUT2D eigenvalue weighted by atomic mass is 10.00. The Balaban J connectivity index is 1.24. The fraction of sp³-hybridized carbons (Fsp3) is 0.333. The Bertz CT molecular complexity index is 965. The SMILES string of the molecule is O=[N+]([O-])c1ccccc1OCCCN1CCC(OC(c2ccccc2)c2ccccc2)CC1. The van der Waals surface area contributed by atoms with Crippen molar-refractivity contribution in [3.05, 3.63) is 106 Å². The lowest BCUT2D eigenvalue weighted by Gasteiger charge is -2.34. The van der Waals surface area contributed by atoms with Gasteiger partial charge in [0.1, 0.15) is 6.10 Å². The van der Waals surface area contributed by atoms with Crippen molar-refractivity contribution in [1.29, 1.82) is 0 Å². The molecule has 3 aromatic carbocycles. The fourth-order valence-electron chi connectivity index (χ4n) is 4.27. The predicted octanol–water partition coefficient (Wildman–Crippen LogP) is 5.63. The highest BCUT2D eigenvalue weighted by molar-refractivity contribution is 5.45. The molecule has 0 spiro atoms. The fourth-order valence-corrected chi connectivity index (χ4v) is 4.27. The van der Waals surface area contributed by atoms with Crippen LogP contribution in [0.2, 0.25) is 0 Å². The van der Waals surface area contributed by atoms with Crippen LogP contribution in [-0.2, 0) is 4.74 Å². The van der Waals surface area contributed by atoms with Crippen molar-refractivity contribution in [2.45, 2.75) is 31.5 Å². The summed E-state index contributed by atoms with van der Waals surface area (Å²) in [6, 6.07) is 27.3. The van der Waals surface area contributed by atoms with E-state index in [1.54, 1.807) is 18.2 Å². The van der Waals surface area contributed by atoms with Gasteiger partial charge >= 0.3 is 5.69 Å². The van der Waals surface area contributed by atoms with Gasteiger partial charge in [-0.25, -0.2) is 0 Å². The molecular weight excluding hydrogens is 416 g/mol. The summed E-state index contributed by atoms with van der Waals surface area (Å²) in [6.07, 6.45) is 2.96. The molecule has 1 saturated heterocycles. The van der Waals surface area contributed by atoms with Crippen molar-refractivity contribution in [3.8, 4) is 5.75 Å². The summed E-state index contributed by atoms with van der Waals surface area (Å²) in [5, 5.41) is 11.1. The zero-order valence-electron chi connectivity index (χ0n) is 18.7. The predicted molar refractivity (Wildman–Crippen MR) is 128 cm³/mol. The van der Waals surface area contributed by atoms with Crippen LogP contribution in [0.1, 0.15) is 36.5 Å². The number of piperidine rings is 1. The average molecular weight is 447 g/mol. The van der Waals surface area contributed by atoms with E-state index >= 15 is 0 Å². The second-order valence-electron chi connectivity index (χ2n) is 8.31. The third-order valence-corrected chi connectivity index (χ3v) is 6.01. The Morgan fingerprint density at radius 3 is 2.06 bits per heavy atom. The molecule has 172 valence electrons. The third-order valence-electron chi connectivity index (χ3n) is 6.01. The highest BCUT2D eigenvalue weighted by Crippen LogP contribution is 2.30. The molecule has 0 saturated carbocycles. The molecule has 0 atom stereocenters. The Morgan fingerprint density at radius 2 is 1.45 bits per heavy atom. The number of nitrogens with zero attached hydrogens (tertiary/aromatic N) is 2.